The molecule has 0 saturated carbocycles. The summed E-state index contributed by atoms with van der Waals surface area (Å²) in [5.74, 6) is 0. The highest BCUT2D eigenvalue weighted by Gasteiger charge is 2.04. The van der Waals surface area contributed by atoms with Gasteiger partial charge in [-0.2, -0.15) is 0 Å². The van der Waals surface area contributed by atoms with E-state index in [-0.39, 0.29) is 6.10 Å². The van der Waals surface area contributed by atoms with Gasteiger partial charge in [0.15, 0.2) is 0 Å². The molecular formula is C10H13BrO. The molecule has 0 bridgehead atoms. The summed E-state index contributed by atoms with van der Waals surface area (Å²) in [7, 11) is 1.72. The Labute approximate surface area is 81.9 Å². The van der Waals surface area contributed by atoms with Gasteiger partial charge in [-0.1, -0.05) is 22.0 Å². The average Bonchev–Trinajstić information content (AvgIpc) is 2.01. The van der Waals surface area contributed by atoms with Crippen molar-refractivity contribution >= 4 is 15.9 Å². The first-order valence-electron chi connectivity index (χ1n) is 3.93. The number of rotatable bonds is 2. The zero-order valence-electron chi connectivity index (χ0n) is 7.60. The molecular weight excluding hydrogens is 216 g/mol. The van der Waals surface area contributed by atoms with Gasteiger partial charge in [-0.15, -0.1) is 0 Å². The molecule has 12 heavy (non-hydrogen) atoms. The molecule has 0 aliphatic carbocycles. The molecule has 1 aromatic carbocycles. The molecule has 1 unspecified atom stereocenters. The van der Waals surface area contributed by atoms with Crippen LogP contribution in [0.4, 0.5) is 0 Å². The summed E-state index contributed by atoms with van der Waals surface area (Å²) in [6, 6.07) is 6.31. The molecule has 0 amide bonds. The lowest BCUT2D eigenvalue weighted by molar-refractivity contribution is 0.119. The lowest BCUT2D eigenvalue weighted by atomic mass is 10.1. The minimum Gasteiger partial charge on any atom is -0.377 e. The molecule has 0 fully saturated rings. The Bertz CT molecular complexity index is 250. The second kappa shape index (κ2) is 4.06. The van der Waals surface area contributed by atoms with E-state index in [4.69, 9.17) is 4.74 Å². The van der Waals surface area contributed by atoms with Gasteiger partial charge in [0.1, 0.15) is 0 Å². The number of methoxy groups -OCH3 is 1. The highest BCUT2D eigenvalue weighted by Crippen LogP contribution is 2.21. The fourth-order valence-corrected chi connectivity index (χ4v) is 1.76. The number of hydrogen-bond donors (Lipinski definition) is 0. The van der Waals surface area contributed by atoms with Crippen LogP contribution in [0.25, 0.3) is 0 Å². The first-order chi connectivity index (χ1) is 5.63. The molecule has 0 aromatic heterocycles. The molecule has 66 valence electrons. The maximum Gasteiger partial charge on any atom is 0.0793 e. The molecule has 1 nitrogen and oxygen atoms in total. The van der Waals surface area contributed by atoms with Crippen molar-refractivity contribution in [3.8, 4) is 0 Å². The monoisotopic (exact) mass is 228 g/mol. The Morgan fingerprint density at radius 1 is 1.33 bits per heavy atom. The van der Waals surface area contributed by atoms with Crippen molar-refractivity contribution in [2.24, 2.45) is 0 Å². The predicted octanol–water partition coefficient (Wildman–Crippen LogP) is 3.46. The maximum absolute atomic E-state index is 5.23. The minimum atomic E-state index is 0.168. The SMILES string of the molecule is COC(C)c1cc(C)cc(Br)c1. The quantitative estimate of drug-likeness (QED) is 0.754. The Balaban J connectivity index is 3.00. The van der Waals surface area contributed by atoms with Crippen LogP contribution in [0.2, 0.25) is 0 Å². The van der Waals surface area contributed by atoms with Crippen molar-refractivity contribution in [1.29, 1.82) is 0 Å². The van der Waals surface area contributed by atoms with Crippen molar-refractivity contribution in [2.45, 2.75) is 20.0 Å². The van der Waals surface area contributed by atoms with Gasteiger partial charge in [-0.25, -0.2) is 0 Å². The van der Waals surface area contributed by atoms with Crippen LogP contribution in [0.5, 0.6) is 0 Å². The number of ether oxygens (including phenoxy) is 1. The molecule has 0 spiro atoms. The van der Waals surface area contributed by atoms with Gasteiger partial charge in [-0.05, 0) is 37.1 Å². The number of halogens is 1. The van der Waals surface area contributed by atoms with E-state index >= 15 is 0 Å². The third-order valence-corrected chi connectivity index (χ3v) is 2.35. The molecule has 0 heterocycles. The average molecular weight is 229 g/mol. The highest BCUT2D eigenvalue weighted by molar-refractivity contribution is 9.10. The third kappa shape index (κ3) is 2.32. The van der Waals surface area contributed by atoms with Crippen molar-refractivity contribution in [2.75, 3.05) is 7.11 Å². The molecule has 0 aliphatic rings. The van der Waals surface area contributed by atoms with Gasteiger partial charge in [0.25, 0.3) is 0 Å². The van der Waals surface area contributed by atoms with E-state index in [9.17, 15) is 0 Å². The molecule has 0 N–H and O–H groups in total. The Kier molecular flexibility index (Phi) is 3.29. The summed E-state index contributed by atoms with van der Waals surface area (Å²) in [5.41, 5.74) is 2.47. The maximum atomic E-state index is 5.23. The Morgan fingerprint density at radius 2 is 2.00 bits per heavy atom. The van der Waals surface area contributed by atoms with Crippen LogP contribution in [0.15, 0.2) is 22.7 Å². The number of aryl methyl sites for hydroxylation is 1. The highest BCUT2D eigenvalue weighted by atomic mass is 79.9. The van der Waals surface area contributed by atoms with Crippen LogP contribution in [-0.2, 0) is 4.74 Å². The second-order valence-corrected chi connectivity index (χ2v) is 3.86. The van der Waals surface area contributed by atoms with E-state index in [1.807, 2.05) is 6.92 Å². The molecule has 0 radical (unpaired) electrons. The summed E-state index contributed by atoms with van der Waals surface area (Å²) in [6.07, 6.45) is 0.168. The zero-order valence-corrected chi connectivity index (χ0v) is 9.18. The van der Waals surface area contributed by atoms with Gasteiger partial charge < -0.3 is 4.74 Å². The van der Waals surface area contributed by atoms with E-state index in [0.29, 0.717) is 0 Å². The van der Waals surface area contributed by atoms with Gasteiger partial charge in [0.2, 0.25) is 0 Å². The van der Waals surface area contributed by atoms with Crippen molar-refractivity contribution in [3.63, 3.8) is 0 Å². The fourth-order valence-electron chi connectivity index (χ4n) is 1.14. The normalized spacial score (nSPS) is 13.0. The Morgan fingerprint density at radius 3 is 2.50 bits per heavy atom. The van der Waals surface area contributed by atoms with E-state index in [2.05, 4.69) is 41.1 Å². The zero-order chi connectivity index (χ0) is 9.14. The summed E-state index contributed by atoms with van der Waals surface area (Å²) in [4.78, 5) is 0. The molecule has 0 saturated heterocycles. The second-order valence-electron chi connectivity index (χ2n) is 2.94. The summed E-state index contributed by atoms with van der Waals surface area (Å²) >= 11 is 3.45. The molecule has 2 heteroatoms. The molecule has 0 aliphatic heterocycles. The first kappa shape index (κ1) is 9.75. The molecule has 1 aromatic rings. The molecule has 1 rings (SSSR count). The lowest BCUT2D eigenvalue weighted by Crippen LogP contribution is -1.95. The van der Waals surface area contributed by atoms with Crippen LogP contribution in [0.1, 0.15) is 24.2 Å². The third-order valence-electron chi connectivity index (χ3n) is 1.89. The van der Waals surface area contributed by atoms with Gasteiger partial charge >= 0.3 is 0 Å². The van der Waals surface area contributed by atoms with Crippen LogP contribution < -0.4 is 0 Å². The van der Waals surface area contributed by atoms with E-state index in [1.165, 1.54) is 11.1 Å². The van der Waals surface area contributed by atoms with Gasteiger partial charge in [0, 0.05) is 11.6 Å². The predicted molar refractivity (Wildman–Crippen MR) is 54.3 cm³/mol. The first-order valence-corrected chi connectivity index (χ1v) is 4.72. The number of hydrogen-bond acceptors (Lipinski definition) is 1. The topological polar surface area (TPSA) is 9.23 Å². The fraction of sp³-hybridized carbons (Fsp3) is 0.400. The largest absolute Gasteiger partial charge is 0.377 e. The molecule has 1 atom stereocenters. The van der Waals surface area contributed by atoms with Gasteiger partial charge in [-0.3, -0.25) is 0 Å². The van der Waals surface area contributed by atoms with E-state index in [0.717, 1.165) is 4.47 Å². The smallest absolute Gasteiger partial charge is 0.0793 e. The summed E-state index contributed by atoms with van der Waals surface area (Å²) < 4.78 is 6.34. The van der Waals surface area contributed by atoms with Crippen molar-refractivity contribution in [3.05, 3.63) is 33.8 Å². The van der Waals surface area contributed by atoms with Crippen molar-refractivity contribution in [1.82, 2.24) is 0 Å². The van der Waals surface area contributed by atoms with E-state index < -0.39 is 0 Å². The van der Waals surface area contributed by atoms with E-state index in [1.54, 1.807) is 7.11 Å². The van der Waals surface area contributed by atoms with Crippen LogP contribution in [-0.4, -0.2) is 7.11 Å². The lowest BCUT2D eigenvalue weighted by Gasteiger charge is -2.10. The van der Waals surface area contributed by atoms with Gasteiger partial charge in [0.05, 0.1) is 6.10 Å². The van der Waals surface area contributed by atoms with Crippen LogP contribution in [0, 0.1) is 6.92 Å². The van der Waals surface area contributed by atoms with Crippen LogP contribution in [0.3, 0.4) is 0 Å². The van der Waals surface area contributed by atoms with Crippen molar-refractivity contribution < 1.29 is 4.74 Å². The standard InChI is InChI=1S/C10H13BrO/c1-7-4-9(8(2)12-3)6-10(11)5-7/h4-6,8H,1-3H3. The summed E-state index contributed by atoms with van der Waals surface area (Å²) in [6.45, 7) is 4.12. The number of benzene rings is 1. The minimum absolute atomic E-state index is 0.168. The Hall–Kier alpha value is -0.340. The summed E-state index contributed by atoms with van der Waals surface area (Å²) in [5, 5.41) is 0. The van der Waals surface area contributed by atoms with Crippen LogP contribution >= 0.6 is 15.9 Å².